The maximum Gasteiger partial charge on any atom is 0.472 e. The number of esters is 2. The molecule has 2 aromatic rings. The Morgan fingerprint density at radius 2 is 1.10 bits per heavy atom. The summed E-state index contributed by atoms with van der Waals surface area (Å²) in [7, 11) is -4.67. The van der Waals surface area contributed by atoms with E-state index in [2.05, 4.69) is 59.4 Å². The minimum absolute atomic E-state index is 0.0829. The number of aromatic hydroxyl groups is 1. The normalized spacial score (nSPS) is 12.6. The summed E-state index contributed by atoms with van der Waals surface area (Å²) in [6.45, 7) is 6.04. The number of phosphoric ester groups is 1. The van der Waals surface area contributed by atoms with Gasteiger partial charge in [-0.2, -0.15) is 0 Å². The van der Waals surface area contributed by atoms with Crippen molar-refractivity contribution in [2.75, 3.05) is 44.8 Å². The molecule has 0 fully saturated rings. The minimum atomic E-state index is -4.67. The number of ether oxygens (including phenoxy) is 2. The van der Waals surface area contributed by atoms with Gasteiger partial charge in [-0.1, -0.05) is 147 Å². The van der Waals surface area contributed by atoms with Gasteiger partial charge in [0.25, 0.3) is 0 Å². The fraction of sp³-hybridized carbons (Fsp3) is 0.616. The molecule has 0 saturated heterocycles. The van der Waals surface area contributed by atoms with Crippen molar-refractivity contribution < 1.29 is 65.5 Å². The number of hydrogen-bond acceptors (Lipinski definition) is 13. The van der Waals surface area contributed by atoms with Crippen LogP contribution in [0.5, 0.6) is 5.75 Å². The number of aryl methyl sites for hydroxylation is 1. The minimum Gasteiger partial charge on any atom is -0.505 e. The number of carbonyl (C=O) groups is 4. The molecule has 6 N–H and O–H groups in total. The van der Waals surface area contributed by atoms with E-state index in [9.17, 15) is 47.3 Å². The van der Waals surface area contributed by atoms with Crippen molar-refractivity contribution >= 4 is 65.6 Å². The molecule has 21 heteroatoms. The number of rotatable bonds is 53. The number of thiocarbonyl (C=S) groups is 1. The van der Waals surface area contributed by atoms with Crippen LogP contribution in [0, 0.1) is 18.6 Å². The summed E-state index contributed by atoms with van der Waals surface area (Å²) < 4.78 is 69.2. The Morgan fingerprint density at radius 1 is 0.585 bits per heavy atom. The number of phenolic OH excluding ortho intramolecular Hbond substituents is 1. The zero-order chi connectivity index (χ0) is 68.0. The standard InChI is InChI=1S/C73H109F2N4O13PS/c1-4-6-8-10-12-14-16-18-20-22-24-26-28-30-33-41-70(84)88-54-58(91-71(85)42-34-31-29-27-25-23-21-19-17-15-13-11-9-7-5-2)55-90-93(86,87)89-48-47-77-69(83)40-36-35-39-68(82)76-45-37-32-38-46-78-73(94)79-57-43-44-59(56(3)49-57)72-60-50-62(74)64(80)52-66(60)92-67-53-65(81)63(75)51-61(67)72/h18-21,43-44,49-53,58,80H,4-17,22-42,45-48,54-55H2,1-3H3,(H,76,82)(H,77,83)(H,86,87)(H2,78,79,94)/b20-18-,21-19-. The van der Waals surface area contributed by atoms with Gasteiger partial charge in [-0.25, -0.2) is 13.3 Å². The van der Waals surface area contributed by atoms with Crippen LogP contribution >= 0.6 is 20.0 Å². The topological polar surface area (TPSA) is 241 Å². The number of amides is 2. The second-order valence-corrected chi connectivity index (χ2v) is 26.4. The molecule has 524 valence electrons. The van der Waals surface area contributed by atoms with E-state index in [0.29, 0.717) is 60.7 Å². The van der Waals surface area contributed by atoms with Gasteiger partial charge < -0.3 is 45.2 Å². The first-order valence-corrected chi connectivity index (χ1v) is 36.9. The highest BCUT2D eigenvalue weighted by atomic mass is 32.1. The molecular weight excluding hydrogens is 1240 g/mol. The number of unbranched alkanes of at least 4 members (excludes halogenated alkanes) is 25. The van der Waals surface area contributed by atoms with Crippen molar-refractivity contribution in [3.8, 4) is 28.2 Å². The van der Waals surface area contributed by atoms with Gasteiger partial charge in [0.15, 0.2) is 28.6 Å². The number of allylic oxidation sites excluding steroid dienone is 4. The Labute approximate surface area is 563 Å². The molecule has 1 aliphatic carbocycles. The number of phosphoric acid groups is 1. The summed E-state index contributed by atoms with van der Waals surface area (Å²) in [5.41, 5.74) is 1.98. The second kappa shape index (κ2) is 48.6. The molecule has 1 aliphatic heterocycles. The zero-order valence-electron chi connectivity index (χ0n) is 56.4. The van der Waals surface area contributed by atoms with Gasteiger partial charge in [0.05, 0.1) is 13.2 Å². The lowest BCUT2D eigenvalue weighted by Gasteiger charge is -2.20. The lowest BCUT2D eigenvalue weighted by atomic mass is 9.91. The third-order valence-electron chi connectivity index (χ3n) is 16.2. The maximum absolute atomic E-state index is 14.6. The van der Waals surface area contributed by atoms with E-state index in [1.54, 1.807) is 12.1 Å². The molecule has 2 amide bonds. The van der Waals surface area contributed by atoms with Gasteiger partial charge in [0.2, 0.25) is 17.2 Å². The molecule has 17 nitrogen and oxygen atoms in total. The van der Waals surface area contributed by atoms with Crippen molar-refractivity contribution in [2.24, 2.45) is 0 Å². The van der Waals surface area contributed by atoms with Crippen LogP contribution in [0.4, 0.5) is 14.5 Å². The lowest BCUT2D eigenvalue weighted by molar-refractivity contribution is -0.161. The van der Waals surface area contributed by atoms with E-state index in [4.69, 9.17) is 35.2 Å². The molecule has 2 unspecified atom stereocenters. The predicted octanol–water partition coefficient (Wildman–Crippen LogP) is 17.8. The lowest BCUT2D eigenvalue weighted by Crippen LogP contribution is -2.30. The number of fused-ring (bicyclic) bond motifs is 2. The summed E-state index contributed by atoms with van der Waals surface area (Å²) in [4.78, 5) is 73.3. The first-order valence-electron chi connectivity index (χ1n) is 35.0. The molecule has 1 heterocycles. The Hall–Kier alpha value is -6.05. The number of halogens is 2. The van der Waals surface area contributed by atoms with Gasteiger partial charge in [-0.15, -0.1) is 0 Å². The van der Waals surface area contributed by atoms with Crippen LogP contribution in [-0.2, 0) is 42.3 Å². The summed E-state index contributed by atoms with van der Waals surface area (Å²) in [6.07, 6.45) is 41.4. The van der Waals surface area contributed by atoms with Crippen LogP contribution in [0.25, 0.3) is 33.4 Å². The predicted molar refractivity (Wildman–Crippen MR) is 375 cm³/mol. The van der Waals surface area contributed by atoms with Crippen molar-refractivity contribution in [2.45, 2.75) is 252 Å². The summed E-state index contributed by atoms with van der Waals surface area (Å²) in [5, 5.41) is 22.6. The number of phenols is 1. The first-order chi connectivity index (χ1) is 45.5. The number of nitrogens with one attached hydrogen (secondary N) is 4. The third kappa shape index (κ3) is 35.1. The van der Waals surface area contributed by atoms with Gasteiger partial charge in [-0.3, -0.25) is 33.0 Å². The van der Waals surface area contributed by atoms with E-state index in [0.717, 1.165) is 126 Å². The SMILES string of the molecule is CCCCCCCC/C=C\CCCCCCCC(=O)OCC(COP(=O)(O)OCCNC(=O)CCCCC(=O)NCCCCCNC(=S)Nc1ccc(-c2c3cc(F)c(=O)cc-3oc3cc(O)c(F)cc23)c(C)c1)OC(=O)CCCCCCC/C=C\CCCCCCCC. The molecule has 2 aromatic carbocycles. The Bertz CT molecular complexity index is 3010. The molecule has 0 bridgehead atoms. The van der Waals surface area contributed by atoms with Crippen LogP contribution in [0.15, 0.2) is 76.0 Å². The van der Waals surface area contributed by atoms with Crippen LogP contribution in [-0.4, -0.2) is 84.4 Å². The van der Waals surface area contributed by atoms with E-state index in [1.165, 1.54) is 77.0 Å². The van der Waals surface area contributed by atoms with Crippen LogP contribution in [0.2, 0.25) is 0 Å². The van der Waals surface area contributed by atoms with E-state index < -0.39 is 55.3 Å². The molecule has 4 rings (SSSR count). The largest absolute Gasteiger partial charge is 0.505 e. The average molecular weight is 1350 g/mol. The fourth-order valence-corrected chi connectivity index (χ4v) is 11.8. The first kappa shape index (κ1) is 80.4. The highest BCUT2D eigenvalue weighted by Gasteiger charge is 2.27. The van der Waals surface area contributed by atoms with Gasteiger partial charge in [0.1, 0.15) is 18.0 Å². The maximum atomic E-state index is 14.6. The van der Waals surface area contributed by atoms with Crippen molar-refractivity contribution in [3.63, 3.8) is 0 Å². The Balaban J connectivity index is 1.06. The summed E-state index contributed by atoms with van der Waals surface area (Å²) in [5.74, 6) is -3.83. The summed E-state index contributed by atoms with van der Waals surface area (Å²) in [6, 6.07) is 9.70. The molecule has 0 saturated carbocycles. The molecule has 0 spiro atoms. The van der Waals surface area contributed by atoms with E-state index in [1.807, 2.05) is 13.0 Å². The van der Waals surface area contributed by atoms with Gasteiger partial charge in [-0.05, 0) is 151 Å². The van der Waals surface area contributed by atoms with E-state index >= 15 is 0 Å². The fourth-order valence-electron chi connectivity index (χ4n) is 10.9. The van der Waals surface area contributed by atoms with Crippen molar-refractivity contribution in [1.82, 2.24) is 16.0 Å². The molecular formula is C73H109F2N4O13PS. The third-order valence-corrected chi connectivity index (χ3v) is 17.5. The van der Waals surface area contributed by atoms with Crippen LogP contribution < -0.4 is 26.7 Å². The van der Waals surface area contributed by atoms with Gasteiger partial charge >= 0.3 is 19.8 Å². The molecule has 2 atom stereocenters. The van der Waals surface area contributed by atoms with Gasteiger partial charge in [0, 0.05) is 79.7 Å². The molecule has 0 aromatic heterocycles. The zero-order valence-corrected chi connectivity index (χ0v) is 58.1. The quantitative estimate of drug-likeness (QED) is 0.00601. The number of anilines is 1. The van der Waals surface area contributed by atoms with Crippen LogP contribution in [0.3, 0.4) is 0 Å². The molecule has 94 heavy (non-hydrogen) atoms. The van der Waals surface area contributed by atoms with Crippen molar-refractivity contribution in [1.29, 1.82) is 0 Å². The highest BCUT2D eigenvalue weighted by molar-refractivity contribution is 7.80. The summed E-state index contributed by atoms with van der Waals surface area (Å²) >= 11 is 5.52. The smallest absolute Gasteiger partial charge is 0.472 e. The second-order valence-electron chi connectivity index (χ2n) is 24.5. The Kier molecular flexibility index (Phi) is 41.6. The highest BCUT2D eigenvalue weighted by Crippen LogP contribution is 2.44. The Morgan fingerprint density at radius 3 is 1.67 bits per heavy atom. The molecule has 0 radical (unpaired) electrons. The van der Waals surface area contributed by atoms with Crippen molar-refractivity contribution in [3.05, 3.63) is 94.2 Å². The number of carbonyl (C=O) groups excluding carboxylic acids is 4. The van der Waals surface area contributed by atoms with E-state index in [-0.39, 0.29) is 79.5 Å². The molecule has 2 aliphatic rings. The van der Waals surface area contributed by atoms with Crippen LogP contribution in [0.1, 0.15) is 244 Å². The average Bonchev–Trinajstić information content (AvgIpc) is 0.747. The monoisotopic (exact) mass is 1350 g/mol. The number of hydrogen-bond donors (Lipinski definition) is 6. The number of benzene rings is 3.